The molecule has 3 N–H and O–H groups in total. The number of benzene rings is 2. The first kappa shape index (κ1) is 21.7. The molecule has 1 aliphatic rings. The van der Waals surface area contributed by atoms with Gasteiger partial charge in [-0.3, -0.25) is 0 Å². The summed E-state index contributed by atoms with van der Waals surface area (Å²) in [7, 11) is 1.67. The average molecular weight is 466 g/mol. The van der Waals surface area contributed by atoms with E-state index >= 15 is 0 Å². The normalized spacial score (nSPS) is 21.9. The number of aryl methyl sites for hydroxylation is 1. The molecule has 3 heterocycles. The van der Waals surface area contributed by atoms with Crippen LogP contribution >= 0.6 is 0 Å². The van der Waals surface area contributed by atoms with E-state index in [-0.39, 0.29) is 0 Å². The summed E-state index contributed by atoms with van der Waals surface area (Å²) in [5.74, 6) is 0.780. The molecule has 35 heavy (non-hydrogen) atoms. The van der Waals surface area contributed by atoms with Gasteiger partial charge in [0.1, 0.15) is 5.75 Å². The van der Waals surface area contributed by atoms with Crippen LogP contribution in [0.5, 0.6) is 5.75 Å². The Morgan fingerprint density at radius 3 is 2.51 bits per heavy atom. The Kier molecular flexibility index (Phi) is 4.71. The fourth-order valence-corrected chi connectivity index (χ4v) is 5.36. The molecule has 7 nitrogen and oxygen atoms in total. The predicted octanol–water partition coefficient (Wildman–Crippen LogP) is 4.63. The summed E-state index contributed by atoms with van der Waals surface area (Å²) in [6.07, 6.45) is 2.94. The second-order valence-corrected chi connectivity index (χ2v) is 9.93. The quantitative estimate of drug-likeness (QED) is 0.402. The fraction of sp³-hybridized carbons (Fsp3) is 0.250. The highest BCUT2D eigenvalue weighted by atomic mass is 16.5. The molecule has 3 aromatic heterocycles. The van der Waals surface area contributed by atoms with E-state index in [9.17, 15) is 5.11 Å². The minimum atomic E-state index is -0.700. The molecule has 7 heteroatoms. The summed E-state index contributed by atoms with van der Waals surface area (Å²) >= 11 is 0. The molecule has 0 spiro atoms. The van der Waals surface area contributed by atoms with Crippen LogP contribution in [0.3, 0.4) is 0 Å². The van der Waals surface area contributed by atoms with E-state index in [0.29, 0.717) is 12.8 Å². The summed E-state index contributed by atoms with van der Waals surface area (Å²) in [5.41, 5.74) is 12.6. The zero-order chi connectivity index (χ0) is 24.4. The SMILES string of the molecule is COc1cccc(-c2cc3cnc4cc(C)nn4c3nc2-c2ccc([C@]3(N)C[C@](C)(O)C3)cc2)c1. The molecule has 0 radical (unpaired) electrons. The molecule has 6 rings (SSSR count). The molecule has 1 aliphatic carbocycles. The van der Waals surface area contributed by atoms with Crippen LogP contribution in [0.15, 0.2) is 66.9 Å². The van der Waals surface area contributed by atoms with Gasteiger partial charge in [0.2, 0.25) is 0 Å². The van der Waals surface area contributed by atoms with Gasteiger partial charge in [-0.1, -0.05) is 36.4 Å². The fourth-order valence-electron chi connectivity index (χ4n) is 5.36. The van der Waals surface area contributed by atoms with Crippen molar-refractivity contribution in [1.82, 2.24) is 19.6 Å². The standard InChI is InChI=1S/C28H27N5O2/c1-17-11-24-30-14-20-13-23(19-5-4-6-22(12-19)35-3)25(31-26(20)33(24)32-17)18-7-9-21(10-8-18)28(29)15-27(2,34)16-28/h4-14,34H,15-16,29H2,1-3H3/t27-,28-. The minimum absolute atomic E-state index is 0.501. The number of ether oxygens (including phenoxy) is 1. The molecule has 0 atom stereocenters. The number of hydrogen-bond donors (Lipinski definition) is 2. The lowest BCUT2D eigenvalue weighted by Gasteiger charge is -2.49. The van der Waals surface area contributed by atoms with Crippen molar-refractivity contribution in [2.75, 3.05) is 7.11 Å². The van der Waals surface area contributed by atoms with Crippen molar-refractivity contribution >= 4 is 16.7 Å². The lowest BCUT2D eigenvalue weighted by atomic mass is 9.63. The summed E-state index contributed by atoms with van der Waals surface area (Å²) in [4.78, 5) is 9.68. The molecule has 0 bridgehead atoms. The van der Waals surface area contributed by atoms with Gasteiger partial charge < -0.3 is 15.6 Å². The molecule has 0 unspecified atom stereocenters. The third-order valence-corrected chi connectivity index (χ3v) is 6.89. The molecule has 1 saturated carbocycles. The first-order chi connectivity index (χ1) is 16.7. The Bertz CT molecular complexity index is 1580. The molecule has 0 saturated heterocycles. The molecule has 1 fully saturated rings. The van der Waals surface area contributed by atoms with Gasteiger partial charge in [-0.2, -0.15) is 9.61 Å². The smallest absolute Gasteiger partial charge is 0.165 e. The minimum Gasteiger partial charge on any atom is -0.497 e. The van der Waals surface area contributed by atoms with Gasteiger partial charge in [0.25, 0.3) is 0 Å². The van der Waals surface area contributed by atoms with E-state index in [4.69, 9.17) is 15.5 Å². The summed E-state index contributed by atoms with van der Waals surface area (Å²) in [6.45, 7) is 3.78. The number of pyridine rings is 1. The topological polar surface area (TPSA) is 98.6 Å². The van der Waals surface area contributed by atoms with Crippen LogP contribution in [0.1, 0.15) is 31.0 Å². The third kappa shape index (κ3) is 3.64. The zero-order valence-electron chi connectivity index (χ0n) is 20.0. The Hall–Kier alpha value is -3.81. The monoisotopic (exact) mass is 465 g/mol. The van der Waals surface area contributed by atoms with Crippen LogP contribution < -0.4 is 10.5 Å². The van der Waals surface area contributed by atoms with Crippen molar-refractivity contribution in [3.8, 4) is 28.1 Å². The number of nitrogens with two attached hydrogens (primary N) is 1. The summed E-state index contributed by atoms with van der Waals surface area (Å²) < 4.78 is 7.27. The maximum absolute atomic E-state index is 10.2. The van der Waals surface area contributed by atoms with Gasteiger partial charge >= 0.3 is 0 Å². The summed E-state index contributed by atoms with van der Waals surface area (Å²) in [6, 6.07) is 20.2. The molecule has 5 aromatic rings. The Morgan fingerprint density at radius 1 is 1.03 bits per heavy atom. The van der Waals surface area contributed by atoms with Crippen molar-refractivity contribution < 1.29 is 9.84 Å². The second-order valence-electron chi connectivity index (χ2n) is 9.93. The first-order valence-electron chi connectivity index (χ1n) is 11.7. The van der Waals surface area contributed by atoms with Crippen LogP contribution in [0, 0.1) is 6.92 Å². The average Bonchev–Trinajstić information content (AvgIpc) is 3.23. The molecule has 176 valence electrons. The van der Waals surface area contributed by atoms with Crippen LogP contribution in [0.4, 0.5) is 0 Å². The van der Waals surface area contributed by atoms with Crippen LogP contribution in [0.2, 0.25) is 0 Å². The Morgan fingerprint density at radius 2 is 1.80 bits per heavy atom. The molecule has 2 aromatic carbocycles. The van der Waals surface area contributed by atoms with E-state index in [1.54, 1.807) is 11.6 Å². The maximum Gasteiger partial charge on any atom is 0.165 e. The maximum atomic E-state index is 10.2. The second kappa shape index (κ2) is 7.60. The zero-order valence-corrected chi connectivity index (χ0v) is 20.0. The van der Waals surface area contributed by atoms with Crippen molar-refractivity contribution in [3.63, 3.8) is 0 Å². The highest BCUT2D eigenvalue weighted by Gasteiger charge is 2.49. The van der Waals surface area contributed by atoms with Crippen LogP contribution in [0.25, 0.3) is 39.1 Å². The lowest BCUT2D eigenvalue weighted by molar-refractivity contribution is -0.0738. The van der Waals surface area contributed by atoms with Crippen LogP contribution in [-0.2, 0) is 5.54 Å². The van der Waals surface area contributed by atoms with Gasteiger partial charge in [0.15, 0.2) is 11.3 Å². The molecular weight excluding hydrogens is 438 g/mol. The molecule has 0 amide bonds. The van der Waals surface area contributed by atoms with Crippen molar-refractivity contribution in [3.05, 3.63) is 78.1 Å². The van der Waals surface area contributed by atoms with Gasteiger partial charge in [0, 0.05) is 34.3 Å². The van der Waals surface area contributed by atoms with Crippen molar-refractivity contribution in [2.45, 2.75) is 37.8 Å². The highest BCUT2D eigenvalue weighted by Crippen LogP contribution is 2.46. The van der Waals surface area contributed by atoms with Crippen molar-refractivity contribution in [1.29, 1.82) is 0 Å². The largest absolute Gasteiger partial charge is 0.497 e. The van der Waals surface area contributed by atoms with E-state index in [1.807, 2.05) is 56.4 Å². The Balaban J connectivity index is 1.54. The van der Waals surface area contributed by atoms with E-state index < -0.39 is 11.1 Å². The number of nitrogens with zero attached hydrogens (tertiary/aromatic N) is 4. The van der Waals surface area contributed by atoms with Gasteiger partial charge in [-0.05, 0) is 56.0 Å². The number of hydrogen-bond acceptors (Lipinski definition) is 6. The number of aromatic nitrogens is 4. The molecular formula is C28H27N5O2. The van der Waals surface area contributed by atoms with Crippen LogP contribution in [-0.4, -0.2) is 37.4 Å². The van der Waals surface area contributed by atoms with E-state index in [2.05, 4.69) is 34.3 Å². The predicted molar refractivity (Wildman–Crippen MR) is 136 cm³/mol. The van der Waals surface area contributed by atoms with E-state index in [0.717, 1.165) is 56.1 Å². The lowest BCUT2D eigenvalue weighted by Crippen LogP contribution is -2.58. The van der Waals surface area contributed by atoms with Gasteiger partial charge in [0.05, 0.1) is 24.1 Å². The van der Waals surface area contributed by atoms with Gasteiger partial charge in [-0.25, -0.2) is 9.97 Å². The third-order valence-electron chi connectivity index (χ3n) is 6.89. The summed E-state index contributed by atoms with van der Waals surface area (Å²) in [5, 5.41) is 15.7. The number of rotatable bonds is 4. The number of methoxy groups -OCH3 is 1. The highest BCUT2D eigenvalue weighted by molar-refractivity contribution is 5.91. The number of fused-ring (bicyclic) bond motifs is 3. The Labute approximate surface area is 203 Å². The van der Waals surface area contributed by atoms with Crippen molar-refractivity contribution in [2.24, 2.45) is 5.73 Å². The van der Waals surface area contributed by atoms with E-state index in [1.165, 1.54) is 0 Å². The molecule has 0 aliphatic heterocycles. The number of aliphatic hydroxyl groups is 1. The van der Waals surface area contributed by atoms with Gasteiger partial charge in [-0.15, -0.1) is 0 Å². The first-order valence-corrected chi connectivity index (χ1v) is 11.7.